The Kier molecular flexibility index (Phi) is 9.40. The number of rotatable bonds is 6. The second-order valence-electron chi connectivity index (χ2n) is 8.15. The normalized spacial score (nSPS) is 20.0. The predicted octanol–water partition coefficient (Wildman–Crippen LogP) is 4.28. The number of nitrogens with one attached hydrogen (secondary N) is 1. The highest BCUT2D eigenvalue weighted by molar-refractivity contribution is 14.0. The number of halogens is 2. The van der Waals surface area contributed by atoms with E-state index in [9.17, 15) is 0 Å². The summed E-state index contributed by atoms with van der Waals surface area (Å²) in [5.41, 5.74) is 0.880. The quantitative estimate of drug-likeness (QED) is 0.324. The van der Waals surface area contributed by atoms with E-state index in [2.05, 4.69) is 32.2 Å². The minimum Gasteiger partial charge on any atom is -0.357 e. The fourth-order valence-electron chi connectivity index (χ4n) is 4.28. The van der Waals surface area contributed by atoms with Gasteiger partial charge >= 0.3 is 0 Å². The predicted molar refractivity (Wildman–Crippen MR) is 135 cm³/mol. The van der Waals surface area contributed by atoms with Crippen molar-refractivity contribution in [1.29, 1.82) is 0 Å². The number of likely N-dealkylation sites (tertiary alicyclic amines) is 2. The molecule has 0 bridgehead atoms. The average Bonchev–Trinajstić information content (AvgIpc) is 3.42. The number of hydrogen-bond donors (Lipinski definition) is 1. The Morgan fingerprint density at radius 3 is 2.71 bits per heavy atom. The molecule has 7 nitrogen and oxygen atoms in total. The first-order chi connectivity index (χ1) is 14.7. The van der Waals surface area contributed by atoms with Crippen LogP contribution in [-0.2, 0) is 6.54 Å². The van der Waals surface area contributed by atoms with E-state index in [1.165, 1.54) is 45.3 Å². The summed E-state index contributed by atoms with van der Waals surface area (Å²) in [7, 11) is 0. The Morgan fingerprint density at radius 1 is 1.19 bits per heavy atom. The lowest BCUT2D eigenvalue weighted by Crippen LogP contribution is -2.41. The molecule has 2 saturated heterocycles. The van der Waals surface area contributed by atoms with Crippen molar-refractivity contribution in [1.82, 2.24) is 25.3 Å². The molecule has 9 heteroatoms. The van der Waals surface area contributed by atoms with Gasteiger partial charge in [-0.25, -0.2) is 4.99 Å². The lowest BCUT2D eigenvalue weighted by molar-refractivity contribution is 0.198. The van der Waals surface area contributed by atoms with Crippen LogP contribution >= 0.6 is 35.6 Å². The van der Waals surface area contributed by atoms with Crippen molar-refractivity contribution in [2.75, 3.05) is 39.3 Å². The second kappa shape index (κ2) is 12.0. The molecule has 0 amide bonds. The molecule has 1 N–H and O–H groups in total. The van der Waals surface area contributed by atoms with Crippen LogP contribution in [0.3, 0.4) is 0 Å². The number of benzene rings is 1. The van der Waals surface area contributed by atoms with Gasteiger partial charge in [0.05, 0.1) is 0 Å². The molecule has 2 aliphatic heterocycles. The molecule has 4 rings (SSSR count). The van der Waals surface area contributed by atoms with E-state index in [4.69, 9.17) is 21.1 Å². The zero-order valence-electron chi connectivity index (χ0n) is 18.1. The van der Waals surface area contributed by atoms with Gasteiger partial charge < -0.3 is 19.6 Å². The van der Waals surface area contributed by atoms with Gasteiger partial charge in [-0.15, -0.1) is 24.0 Å². The smallest absolute Gasteiger partial charge is 0.248 e. The van der Waals surface area contributed by atoms with Crippen LogP contribution in [0.1, 0.15) is 38.5 Å². The number of nitrogens with zero attached hydrogens (tertiary/aromatic N) is 5. The van der Waals surface area contributed by atoms with Crippen molar-refractivity contribution in [2.45, 2.75) is 39.2 Å². The Bertz CT molecular complexity index is 837. The molecule has 3 heterocycles. The summed E-state index contributed by atoms with van der Waals surface area (Å²) in [6.45, 7) is 9.15. The summed E-state index contributed by atoms with van der Waals surface area (Å²) in [5.74, 6) is 2.72. The van der Waals surface area contributed by atoms with Gasteiger partial charge in [0.15, 0.2) is 5.96 Å². The number of aromatic nitrogens is 2. The Hall–Kier alpha value is -1.39. The fourth-order valence-corrected chi connectivity index (χ4v) is 4.41. The summed E-state index contributed by atoms with van der Waals surface area (Å²) in [6, 6.07) is 7.41. The molecule has 2 aliphatic rings. The molecule has 1 unspecified atom stereocenters. The lowest BCUT2D eigenvalue weighted by Gasteiger charge is -2.29. The third-order valence-electron chi connectivity index (χ3n) is 5.82. The zero-order chi connectivity index (χ0) is 20.8. The molecule has 2 aromatic rings. The first-order valence-electron chi connectivity index (χ1n) is 11.1. The molecular formula is C22H32ClIN6O. The van der Waals surface area contributed by atoms with Gasteiger partial charge in [0, 0.05) is 36.8 Å². The molecule has 31 heavy (non-hydrogen) atoms. The van der Waals surface area contributed by atoms with E-state index in [1.807, 2.05) is 24.3 Å². The van der Waals surface area contributed by atoms with Gasteiger partial charge in [0.1, 0.15) is 6.54 Å². The summed E-state index contributed by atoms with van der Waals surface area (Å²) >= 11 is 5.95. The van der Waals surface area contributed by atoms with Crippen LogP contribution in [0.25, 0.3) is 11.4 Å². The third kappa shape index (κ3) is 6.79. The maximum atomic E-state index is 5.95. The van der Waals surface area contributed by atoms with Gasteiger partial charge in [-0.05, 0) is 69.5 Å². The number of hydrogen-bond acceptors (Lipinski definition) is 5. The van der Waals surface area contributed by atoms with Gasteiger partial charge in [0.25, 0.3) is 0 Å². The largest absolute Gasteiger partial charge is 0.357 e. The average molecular weight is 559 g/mol. The minimum atomic E-state index is 0. The number of piperidine rings is 1. The van der Waals surface area contributed by atoms with Crippen LogP contribution < -0.4 is 5.32 Å². The molecule has 1 atom stereocenters. The van der Waals surface area contributed by atoms with E-state index in [1.54, 1.807) is 0 Å². The number of guanidine groups is 1. The molecule has 1 aromatic carbocycles. The molecular weight excluding hydrogens is 527 g/mol. The van der Waals surface area contributed by atoms with Crippen molar-refractivity contribution in [3.63, 3.8) is 0 Å². The fraction of sp³-hybridized carbons (Fsp3) is 0.591. The summed E-state index contributed by atoms with van der Waals surface area (Å²) in [6.07, 6.45) is 5.31. The third-order valence-corrected chi connectivity index (χ3v) is 6.07. The maximum absolute atomic E-state index is 5.95. The molecule has 170 valence electrons. The van der Waals surface area contributed by atoms with Crippen molar-refractivity contribution in [2.24, 2.45) is 10.9 Å². The van der Waals surface area contributed by atoms with E-state index < -0.39 is 0 Å². The van der Waals surface area contributed by atoms with Crippen LogP contribution in [-0.4, -0.2) is 65.2 Å². The highest BCUT2D eigenvalue weighted by atomic mass is 127. The summed E-state index contributed by atoms with van der Waals surface area (Å²) in [4.78, 5) is 14.3. The van der Waals surface area contributed by atoms with Crippen molar-refractivity contribution >= 4 is 41.5 Å². The topological polar surface area (TPSA) is 69.8 Å². The van der Waals surface area contributed by atoms with Gasteiger partial charge in [-0.1, -0.05) is 23.2 Å². The Balaban J connectivity index is 0.00000272. The second-order valence-corrected chi connectivity index (χ2v) is 8.59. The Morgan fingerprint density at radius 2 is 1.97 bits per heavy atom. The van der Waals surface area contributed by atoms with Crippen molar-refractivity contribution in [3.8, 4) is 11.4 Å². The van der Waals surface area contributed by atoms with Crippen molar-refractivity contribution < 1.29 is 4.52 Å². The van der Waals surface area contributed by atoms with Crippen LogP contribution in [0.5, 0.6) is 0 Å². The van der Waals surface area contributed by atoms with Crippen LogP contribution in [0.15, 0.2) is 33.8 Å². The van der Waals surface area contributed by atoms with Crippen LogP contribution in [0.2, 0.25) is 5.02 Å². The van der Waals surface area contributed by atoms with Gasteiger partial charge in [-0.3, -0.25) is 0 Å². The van der Waals surface area contributed by atoms with Crippen LogP contribution in [0.4, 0.5) is 0 Å². The monoisotopic (exact) mass is 558 g/mol. The van der Waals surface area contributed by atoms with E-state index in [-0.39, 0.29) is 24.0 Å². The highest BCUT2D eigenvalue weighted by Gasteiger charge is 2.27. The first-order valence-corrected chi connectivity index (χ1v) is 11.4. The van der Waals surface area contributed by atoms with Gasteiger partial charge in [-0.2, -0.15) is 4.98 Å². The van der Waals surface area contributed by atoms with Crippen molar-refractivity contribution in [3.05, 3.63) is 35.2 Å². The summed E-state index contributed by atoms with van der Waals surface area (Å²) < 4.78 is 5.41. The minimum absolute atomic E-state index is 0. The van der Waals surface area contributed by atoms with Gasteiger partial charge in [0.2, 0.25) is 11.7 Å². The lowest BCUT2D eigenvalue weighted by atomic mass is 10.1. The first kappa shape index (κ1) is 24.3. The molecule has 2 fully saturated rings. The van der Waals surface area contributed by atoms with E-state index in [0.29, 0.717) is 29.2 Å². The van der Waals surface area contributed by atoms with E-state index >= 15 is 0 Å². The molecule has 0 spiro atoms. The molecule has 0 saturated carbocycles. The summed E-state index contributed by atoms with van der Waals surface area (Å²) in [5, 5.41) is 8.18. The maximum Gasteiger partial charge on any atom is 0.248 e. The Labute approximate surface area is 206 Å². The molecule has 0 aliphatic carbocycles. The van der Waals surface area contributed by atoms with E-state index in [0.717, 1.165) is 31.2 Å². The van der Waals surface area contributed by atoms with Crippen LogP contribution in [0, 0.1) is 5.92 Å². The highest BCUT2D eigenvalue weighted by Crippen LogP contribution is 2.21. The standard InChI is InChI=1S/C22H31ClN6O.HI/c1-2-24-22(29-13-10-17(16-29)15-28-11-4-3-5-12-28)25-14-20-26-21(27-30-20)18-6-8-19(23)9-7-18;/h6-9,17H,2-5,10-16H2,1H3,(H,24,25);1H. The number of aliphatic imine (C=N–C) groups is 1. The SMILES string of the molecule is CCNC(=NCc1nc(-c2ccc(Cl)cc2)no1)N1CCC(CN2CCCCC2)C1.I. The molecule has 1 aromatic heterocycles. The zero-order valence-corrected chi connectivity index (χ0v) is 21.2. The molecule has 0 radical (unpaired) electrons.